The second kappa shape index (κ2) is 13.2. The molecule has 0 spiro atoms. The third kappa shape index (κ3) is 7.12. The van der Waals surface area contributed by atoms with Crippen LogP contribution in [0.4, 0.5) is 0 Å². The molecule has 1 N–H and O–H groups in total. The van der Waals surface area contributed by atoms with Gasteiger partial charge in [-0.25, -0.2) is 13.1 Å². The van der Waals surface area contributed by atoms with Gasteiger partial charge in [0.15, 0.2) is 6.61 Å². The van der Waals surface area contributed by atoms with Gasteiger partial charge in [-0.05, 0) is 29.3 Å². The largest absolute Gasteiger partial charge is 0.482 e. The van der Waals surface area contributed by atoms with Crippen LogP contribution in [0, 0.1) is 0 Å². The first-order valence-corrected chi connectivity index (χ1v) is 14.3. The molecule has 0 aromatic heterocycles. The minimum absolute atomic E-state index is 0.0137. The minimum Gasteiger partial charge on any atom is -0.482 e. The van der Waals surface area contributed by atoms with Crippen molar-refractivity contribution in [2.24, 2.45) is 0 Å². The van der Waals surface area contributed by atoms with Gasteiger partial charge in [-0.3, -0.25) is 9.69 Å². The lowest BCUT2D eigenvalue weighted by molar-refractivity contribution is -0.135. The number of carbonyl (C=O) groups excluding carboxylic acids is 1. The number of sulfonamides is 1. The number of ether oxygens (including phenoxy) is 2. The van der Waals surface area contributed by atoms with Gasteiger partial charge in [0.05, 0.1) is 22.6 Å². The number of nitrogens with zero attached hydrogens (tertiary/aromatic N) is 2. The molecule has 0 saturated carbocycles. The molecule has 0 aliphatic carbocycles. The van der Waals surface area contributed by atoms with Crippen molar-refractivity contribution < 1.29 is 22.7 Å². The predicted octanol–water partition coefficient (Wildman–Crippen LogP) is 3.58. The van der Waals surface area contributed by atoms with Crippen LogP contribution >= 0.6 is 11.6 Å². The normalized spacial score (nSPS) is 14.6. The van der Waals surface area contributed by atoms with Crippen LogP contribution in [0.3, 0.4) is 0 Å². The first-order valence-electron chi connectivity index (χ1n) is 12.4. The summed E-state index contributed by atoms with van der Waals surface area (Å²) in [5, 5.41) is 0.116. The van der Waals surface area contributed by atoms with E-state index in [2.05, 4.69) is 33.9 Å². The van der Waals surface area contributed by atoms with E-state index in [1.807, 2.05) is 36.4 Å². The molecular formula is C28H32ClN3O5S. The van der Waals surface area contributed by atoms with Crippen LogP contribution < -0.4 is 9.46 Å². The molecule has 3 aromatic carbocycles. The summed E-state index contributed by atoms with van der Waals surface area (Å²) in [6.45, 7) is 2.83. The number of nitrogens with one attached hydrogen (secondary N) is 1. The molecule has 1 aliphatic heterocycles. The topological polar surface area (TPSA) is 88.2 Å². The first-order chi connectivity index (χ1) is 18.4. The Morgan fingerprint density at radius 1 is 0.947 bits per heavy atom. The maximum Gasteiger partial charge on any atom is 0.260 e. The van der Waals surface area contributed by atoms with Crippen LogP contribution in [0.2, 0.25) is 5.02 Å². The third-order valence-electron chi connectivity index (χ3n) is 6.43. The average Bonchev–Trinajstić information content (AvgIpc) is 2.94. The summed E-state index contributed by atoms with van der Waals surface area (Å²) < 4.78 is 37.7. The van der Waals surface area contributed by atoms with E-state index in [1.54, 1.807) is 4.90 Å². The zero-order valence-corrected chi connectivity index (χ0v) is 22.8. The molecule has 8 nitrogen and oxygen atoms in total. The van der Waals surface area contributed by atoms with Crippen LogP contribution in [-0.2, 0) is 19.6 Å². The Hall–Kier alpha value is -2.95. The molecule has 0 atom stereocenters. The molecule has 10 heteroatoms. The number of carbonyl (C=O) groups is 1. The van der Waals surface area contributed by atoms with Crippen molar-refractivity contribution in [1.29, 1.82) is 0 Å². The fraction of sp³-hybridized carbons (Fsp3) is 0.321. The zero-order valence-electron chi connectivity index (χ0n) is 21.3. The highest BCUT2D eigenvalue weighted by atomic mass is 35.5. The van der Waals surface area contributed by atoms with Crippen molar-refractivity contribution in [3.05, 3.63) is 95.0 Å². The molecule has 1 amide bonds. The Morgan fingerprint density at radius 3 is 2.11 bits per heavy atom. The monoisotopic (exact) mass is 557 g/mol. The molecule has 4 rings (SSSR count). The van der Waals surface area contributed by atoms with Crippen molar-refractivity contribution in [2.75, 3.05) is 53.0 Å². The van der Waals surface area contributed by atoms with Gasteiger partial charge in [0.1, 0.15) is 5.75 Å². The van der Waals surface area contributed by atoms with Gasteiger partial charge in [-0.15, -0.1) is 0 Å². The number of methoxy groups -OCH3 is 1. The predicted molar refractivity (Wildman–Crippen MR) is 147 cm³/mol. The van der Waals surface area contributed by atoms with Crippen LogP contribution in [0.1, 0.15) is 17.2 Å². The molecule has 1 fully saturated rings. The third-order valence-corrected chi connectivity index (χ3v) is 8.18. The van der Waals surface area contributed by atoms with E-state index in [4.69, 9.17) is 21.1 Å². The van der Waals surface area contributed by atoms with Crippen molar-refractivity contribution >= 4 is 27.5 Å². The average molecular weight is 558 g/mol. The van der Waals surface area contributed by atoms with Gasteiger partial charge in [0.2, 0.25) is 10.0 Å². The van der Waals surface area contributed by atoms with E-state index >= 15 is 0 Å². The number of benzene rings is 3. The lowest BCUT2D eigenvalue weighted by Gasteiger charge is -2.39. The SMILES string of the molecule is COCCNS(=O)(=O)c1ccc(OCC(=O)N2CCN(C(c3ccccc3)c3ccccc3)CC2)c(Cl)c1. The van der Waals surface area contributed by atoms with E-state index in [0.717, 1.165) is 13.1 Å². The maximum absolute atomic E-state index is 12.9. The van der Waals surface area contributed by atoms with E-state index in [9.17, 15) is 13.2 Å². The van der Waals surface area contributed by atoms with Crippen molar-refractivity contribution in [3.8, 4) is 5.75 Å². The summed E-state index contributed by atoms with van der Waals surface area (Å²) in [6, 6.07) is 25.1. The molecule has 3 aromatic rings. The van der Waals surface area contributed by atoms with Crippen molar-refractivity contribution in [1.82, 2.24) is 14.5 Å². The van der Waals surface area contributed by atoms with Gasteiger partial charge in [-0.2, -0.15) is 0 Å². The molecule has 1 saturated heterocycles. The van der Waals surface area contributed by atoms with Gasteiger partial charge < -0.3 is 14.4 Å². The van der Waals surface area contributed by atoms with Crippen LogP contribution in [-0.4, -0.2) is 77.2 Å². The number of hydrogen-bond acceptors (Lipinski definition) is 6. The lowest BCUT2D eigenvalue weighted by Crippen LogP contribution is -2.51. The van der Waals surface area contributed by atoms with E-state index in [0.29, 0.717) is 13.1 Å². The zero-order chi connectivity index (χ0) is 27.0. The van der Waals surface area contributed by atoms with E-state index in [-0.39, 0.29) is 47.4 Å². The molecule has 0 unspecified atom stereocenters. The summed E-state index contributed by atoms with van der Waals surface area (Å²) in [7, 11) is -2.23. The molecule has 38 heavy (non-hydrogen) atoms. The quantitative estimate of drug-likeness (QED) is 0.363. The fourth-order valence-corrected chi connectivity index (χ4v) is 5.81. The molecular weight excluding hydrogens is 526 g/mol. The van der Waals surface area contributed by atoms with Crippen LogP contribution in [0.25, 0.3) is 0 Å². The summed E-state index contributed by atoms with van der Waals surface area (Å²) in [6.07, 6.45) is 0. The number of hydrogen-bond donors (Lipinski definition) is 1. The fourth-order valence-electron chi connectivity index (χ4n) is 4.47. The maximum atomic E-state index is 12.9. The summed E-state index contributed by atoms with van der Waals surface area (Å²) in [5.41, 5.74) is 2.44. The summed E-state index contributed by atoms with van der Waals surface area (Å²) in [4.78, 5) is 17.1. The second-order valence-electron chi connectivity index (χ2n) is 8.91. The smallest absolute Gasteiger partial charge is 0.260 e. The van der Waals surface area contributed by atoms with Gasteiger partial charge >= 0.3 is 0 Å². The Morgan fingerprint density at radius 2 is 1.55 bits per heavy atom. The molecule has 1 heterocycles. The minimum atomic E-state index is -3.72. The van der Waals surface area contributed by atoms with Crippen molar-refractivity contribution in [2.45, 2.75) is 10.9 Å². The second-order valence-corrected chi connectivity index (χ2v) is 11.1. The van der Waals surface area contributed by atoms with Crippen molar-refractivity contribution in [3.63, 3.8) is 0 Å². The number of piperazine rings is 1. The van der Waals surface area contributed by atoms with Gasteiger partial charge in [-0.1, -0.05) is 72.3 Å². The van der Waals surface area contributed by atoms with E-state index < -0.39 is 10.0 Å². The molecule has 0 radical (unpaired) electrons. The number of amides is 1. The highest BCUT2D eigenvalue weighted by Gasteiger charge is 2.28. The Bertz CT molecular complexity index is 1260. The Kier molecular flexibility index (Phi) is 9.76. The summed E-state index contributed by atoms with van der Waals surface area (Å²) in [5.74, 6) is 0.109. The van der Waals surface area contributed by atoms with E-state index in [1.165, 1.54) is 36.4 Å². The number of halogens is 1. The lowest BCUT2D eigenvalue weighted by atomic mass is 9.96. The van der Waals surface area contributed by atoms with Gasteiger partial charge in [0.25, 0.3) is 5.91 Å². The Labute approximate surface area is 229 Å². The molecule has 1 aliphatic rings. The summed E-state index contributed by atoms with van der Waals surface area (Å²) >= 11 is 6.26. The van der Waals surface area contributed by atoms with Gasteiger partial charge in [0, 0.05) is 39.8 Å². The highest BCUT2D eigenvalue weighted by Crippen LogP contribution is 2.30. The standard InChI is InChI=1S/C28H32ClN3O5S/c1-36-19-14-30-38(34,35)24-12-13-26(25(29)20-24)37-21-27(33)31-15-17-32(18-16-31)28(22-8-4-2-5-9-22)23-10-6-3-7-11-23/h2-13,20,28,30H,14-19,21H2,1H3. The van der Waals surface area contributed by atoms with Crippen LogP contribution in [0.5, 0.6) is 5.75 Å². The Balaban J connectivity index is 1.34. The molecule has 202 valence electrons. The molecule has 0 bridgehead atoms. The first kappa shape index (κ1) is 28.1. The van der Waals surface area contributed by atoms with Crippen LogP contribution in [0.15, 0.2) is 83.8 Å². The number of rotatable bonds is 11. The highest BCUT2D eigenvalue weighted by molar-refractivity contribution is 7.89.